The third-order valence-electron chi connectivity index (χ3n) is 3.70. The van der Waals surface area contributed by atoms with Crippen LogP contribution in [0.25, 0.3) is 0 Å². The minimum atomic E-state index is -0.596. The standard InChI is InChI=1S/C12H18N4/c1-10-4-7-15-16(10)8-5-11-3-2-6-12(11,14)9-13/h4,7,11H,2-3,5-6,8,14H2,1H3. The summed E-state index contributed by atoms with van der Waals surface area (Å²) in [6.07, 6.45) is 5.75. The summed E-state index contributed by atoms with van der Waals surface area (Å²) < 4.78 is 1.98. The van der Waals surface area contributed by atoms with Crippen molar-refractivity contribution in [2.75, 3.05) is 0 Å². The van der Waals surface area contributed by atoms with Gasteiger partial charge in [-0.1, -0.05) is 6.42 Å². The van der Waals surface area contributed by atoms with Crippen molar-refractivity contribution in [1.82, 2.24) is 9.78 Å². The minimum absolute atomic E-state index is 0.320. The van der Waals surface area contributed by atoms with Crippen molar-refractivity contribution in [2.24, 2.45) is 11.7 Å². The Balaban J connectivity index is 1.96. The van der Waals surface area contributed by atoms with Gasteiger partial charge in [-0.25, -0.2) is 0 Å². The van der Waals surface area contributed by atoms with E-state index in [0.717, 1.165) is 37.9 Å². The smallest absolute Gasteiger partial charge is 0.107 e. The Morgan fingerprint density at radius 1 is 1.75 bits per heavy atom. The van der Waals surface area contributed by atoms with Gasteiger partial charge >= 0.3 is 0 Å². The van der Waals surface area contributed by atoms with E-state index in [1.165, 1.54) is 0 Å². The maximum atomic E-state index is 9.11. The maximum Gasteiger partial charge on any atom is 0.107 e. The molecule has 0 amide bonds. The molecule has 0 bridgehead atoms. The van der Waals surface area contributed by atoms with Gasteiger partial charge < -0.3 is 5.73 Å². The number of nitrogens with two attached hydrogens (primary N) is 1. The van der Waals surface area contributed by atoms with Gasteiger partial charge in [-0.15, -0.1) is 0 Å². The average Bonchev–Trinajstić information content (AvgIpc) is 2.83. The Morgan fingerprint density at radius 2 is 2.56 bits per heavy atom. The van der Waals surface area contributed by atoms with Crippen LogP contribution in [0.4, 0.5) is 0 Å². The number of nitriles is 1. The van der Waals surface area contributed by atoms with E-state index in [1.807, 2.05) is 23.9 Å². The lowest BCUT2D eigenvalue weighted by Gasteiger charge is -2.23. The van der Waals surface area contributed by atoms with Crippen LogP contribution in [0.3, 0.4) is 0 Å². The van der Waals surface area contributed by atoms with Gasteiger partial charge in [0.2, 0.25) is 0 Å². The van der Waals surface area contributed by atoms with Gasteiger partial charge in [-0.3, -0.25) is 4.68 Å². The molecule has 0 saturated heterocycles. The van der Waals surface area contributed by atoms with E-state index in [1.54, 1.807) is 0 Å². The summed E-state index contributed by atoms with van der Waals surface area (Å²) >= 11 is 0. The molecule has 1 heterocycles. The molecule has 1 aromatic heterocycles. The molecule has 2 atom stereocenters. The third-order valence-corrected chi connectivity index (χ3v) is 3.70. The second kappa shape index (κ2) is 4.26. The van der Waals surface area contributed by atoms with Gasteiger partial charge in [0.25, 0.3) is 0 Å². The second-order valence-electron chi connectivity index (χ2n) is 4.73. The van der Waals surface area contributed by atoms with Crippen LogP contribution in [-0.4, -0.2) is 15.3 Å². The van der Waals surface area contributed by atoms with Crippen molar-refractivity contribution in [3.8, 4) is 6.07 Å². The number of aromatic nitrogens is 2. The van der Waals surface area contributed by atoms with Gasteiger partial charge in [0.1, 0.15) is 5.54 Å². The molecule has 1 saturated carbocycles. The maximum absolute atomic E-state index is 9.11. The largest absolute Gasteiger partial charge is 0.313 e. The summed E-state index contributed by atoms with van der Waals surface area (Å²) in [5, 5.41) is 13.4. The summed E-state index contributed by atoms with van der Waals surface area (Å²) in [5.41, 5.74) is 6.66. The molecule has 2 unspecified atom stereocenters. The Morgan fingerprint density at radius 3 is 3.19 bits per heavy atom. The van der Waals surface area contributed by atoms with E-state index in [4.69, 9.17) is 11.0 Å². The molecule has 16 heavy (non-hydrogen) atoms. The van der Waals surface area contributed by atoms with Gasteiger partial charge in [-0.05, 0) is 38.2 Å². The lowest BCUT2D eigenvalue weighted by molar-refractivity contribution is 0.345. The quantitative estimate of drug-likeness (QED) is 0.838. The molecule has 1 aliphatic rings. The zero-order chi connectivity index (χ0) is 11.6. The molecule has 1 aliphatic carbocycles. The topological polar surface area (TPSA) is 67.6 Å². The SMILES string of the molecule is Cc1ccnn1CCC1CCCC1(N)C#N. The first-order valence-corrected chi connectivity index (χ1v) is 5.84. The van der Waals surface area contributed by atoms with E-state index < -0.39 is 5.54 Å². The fourth-order valence-corrected chi connectivity index (χ4v) is 2.56. The van der Waals surface area contributed by atoms with Crippen LogP contribution in [0, 0.1) is 24.2 Å². The number of nitrogens with zero attached hydrogens (tertiary/aromatic N) is 3. The summed E-state index contributed by atoms with van der Waals surface area (Å²) in [4.78, 5) is 0. The van der Waals surface area contributed by atoms with Crippen LogP contribution in [0.5, 0.6) is 0 Å². The van der Waals surface area contributed by atoms with Crippen molar-refractivity contribution in [1.29, 1.82) is 5.26 Å². The molecule has 86 valence electrons. The van der Waals surface area contributed by atoms with E-state index in [0.29, 0.717) is 5.92 Å². The lowest BCUT2D eigenvalue weighted by atomic mass is 9.87. The van der Waals surface area contributed by atoms with Crippen LogP contribution in [-0.2, 0) is 6.54 Å². The molecule has 0 spiro atoms. The van der Waals surface area contributed by atoms with Crippen LogP contribution in [0.1, 0.15) is 31.4 Å². The minimum Gasteiger partial charge on any atom is -0.313 e. The summed E-state index contributed by atoms with van der Waals surface area (Å²) in [6, 6.07) is 4.28. The third kappa shape index (κ3) is 1.96. The fraction of sp³-hybridized carbons (Fsp3) is 0.667. The van der Waals surface area contributed by atoms with Crippen molar-refractivity contribution >= 4 is 0 Å². The highest BCUT2D eigenvalue weighted by Crippen LogP contribution is 2.35. The van der Waals surface area contributed by atoms with Crippen LogP contribution >= 0.6 is 0 Å². The molecular formula is C12H18N4. The summed E-state index contributed by atoms with van der Waals surface area (Å²) in [6.45, 7) is 2.91. The molecule has 2 rings (SSSR count). The van der Waals surface area contributed by atoms with Crippen molar-refractivity contribution in [2.45, 2.75) is 44.7 Å². The Kier molecular flexibility index (Phi) is 2.97. The molecule has 1 fully saturated rings. The first-order valence-electron chi connectivity index (χ1n) is 5.84. The molecule has 0 aliphatic heterocycles. The van der Waals surface area contributed by atoms with Crippen LogP contribution < -0.4 is 5.73 Å². The molecular weight excluding hydrogens is 200 g/mol. The van der Waals surface area contributed by atoms with Gasteiger partial charge in [-0.2, -0.15) is 10.4 Å². The fourth-order valence-electron chi connectivity index (χ4n) is 2.56. The predicted molar refractivity (Wildman–Crippen MR) is 61.5 cm³/mol. The van der Waals surface area contributed by atoms with Crippen molar-refractivity contribution < 1.29 is 0 Å². The number of rotatable bonds is 3. The highest BCUT2D eigenvalue weighted by atomic mass is 15.3. The number of hydrogen-bond donors (Lipinski definition) is 1. The van der Waals surface area contributed by atoms with Gasteiger partial charge in [0.05, 0.1) is 6.07 Å². The average molecular weight is 218 g/mol. The van der Waals surface area contributed by atoms with Gasteiger partial charge in [0, 0.05) is 18.4 Å². The normalized spacial score (nSPS) is 29.2. The van der Waals surface area contributed by atoms with Crippen molar-refractivity contribution in [3.05, 3.63) is 18.0 Å². The Bertz CT molecular complexity index is 403. The second-order valence-corrected chi connectivity index (χ2v) is 4.73. The molecule has 1 aromatic rings. The highest BCUT2D eigenvalue weighted by molar-refractivity contribution is 5.11. The zero-order valence-electron chi connectivity index (χ0n) is 9.69. The predicted octanol–water partition coefficient (Wildman–Crippen LogP) is 1.60. The van der Waals surface area contributed by atoms with Gasteiger partial charge in [0.15, 0.2) is 0 Å². The number of hydrogen-bond acceptors (Lipinski definition) is 3. The summed E-state index contributed by atoms with van der Waals surface area (Å²) in [5.74, 6) is 0.320. The van der Waals surface area contributed by atoms with Crippen LogP contribution in [0.15, 0.2) is 12.3 Å². The molecule has 0 aromatic carbocycles. The molecule has 0 radical (unpaired) electrons. The Hall–Kier alpha value is -1.34. The highest BCUT2D eigenvalue weighted by Gasteiger charge is 2.39. The van der Waals surface area contributed by atoms with E-state index in [9.17, 15) is 0 Å². The van der Waals surface area contributed by atoms with Crippen LogP contribution in [0.2, 0.25) is 0 Å². The lowest BCUT2D eigenvalue weighted by Crippen LogP contribution is -2.42. The summed E-state index contributed by atoms with van der Waals surface area (Å²) in [7, 11) is 0. The Labute approximate surface area is 96.0 Å². The monoisotopic (exact) mass is 218 g/mol. The first kappa shape index (κ1) is 11.2. The molecule has 4 nitrogen and oxygen atoms in total. The van der Waals surface area contributed by atoms with E-state index in [2.05, 4.69) is 11.2 Å². The molecule has 4 heteroatoms. The molecule has 2 N–H and O–H groups in total. The first-order chi connectivity index (χ1) is 7.65. The zero-order valence-corrected chi connectivity index (χ0v) is 9.69. The van der Waals surface area contributed by atoms with E-state index in [-0.39, 0.29) is 0 Å². The van der Waals surface area contributed by atoms with Crippen molar-refractivity contribution in [3.63, 3.8) is 0 Å². The van der Waals surface area contributed by atoms with E-state index >= 15 is 0 Å². The number of aryl methyl sites for hydroxylation is 2.